The number of hydrogen-bond acceptors (Lipinski definition) is 3. The SMILES string of the molecule is COC(=O)CCc1ccc(C#Cc2cccc(N)c2)cc1. The highest BCUT2D eigenvalue weighted by Gasteiger charge is 2.00. The van der Waals surface area contributed by atoms with Gasteiger partial charge in [0.25, 0.3) is 0 Å². The number of rotatable bonds is 3. The molecule has 0 fully saturated rings. The van der Waals surface area contributed by atoms with Gasteiger partial charge in [0.1, 0.15) is 0 Å². The summed E-state index contributed by atoms with van der Waals surface area (Å²) >= 11 is 0. The molecule has 0 saturated heterocycles. The molecule has 0 aliphatic heterocycles. The third kappa shape index (κ3) is 4.70. The maximum atomic E-state index is 11.1. The van der Waals surface area contributed by atoms with Crippen LogP contribution in [0.25, 0.3) is 0 Å². The van der Waals surface area contributed by atoms with E-state index in [0.717, 1.165) is 16.7 Å². The number of ether oxygens (including phenoxy) is 1. The van der Waals surface area contributed by atoms with Crippen LogP contribution in [0.1, 0.15) is 23.1 Å². The summed E-state index contributed by atoms with van der Waals surface area (Å²) in [7, 11) is 1.40. The number of methoxy groups -OCH3 is 1. The third-order valence-corrected chi connectivity index (χ3v) is 3.04. The lowest BCUT2D eigenvalue weighted by atomic mass is 10.1. The van der Waals surface area contributed by atoms with Crippen molar-refractivity contribution in [2.75, 3.05) is 12.8 Å². The number of carbonyl (C=O) groups is 1. The molecule has 3 nitrogen and oxygen atoms in total. The number of nitrogens with two attached hydrogens (primary N) is 1. The standard InChI is InChI=1S/C18H17NO2/c1-21-18(20)12-11-15-7-5-14(6-8-15)9-10-16-3-2-4-17(19)13-16/h2-8,13H,11-12,19H2,1H3. The molecule has 2 aromatic rings. The quantitative estimate of drug-likeness (QED) is 0.534. The molecule has 0 aliphatic rings. The smallest absolute Gasteiger partial charge is 0.305 e. The first-order valence-corrected chi connectivity index (χ1v) is 6.71. The molecule has 0 atom stereocenters. The Morgan fingerprint density at radius 1 is 1.10 bits per heavy atom. The number of nitrogen functional groups attached to an aromatic ring is 1. The zero-order chi connectivity index (χ0) is 15.1. The Labute approximate surface area is 124 Å². The minimum absolute atomic E-state index is 0.194. The second-order valence-corrected chi connectivity index (χ2v) is 4.65. The molecule has 0 aromatic heterocycles. The number of benzene rings is 2. The third-order valence-electron chi connectivity index (χ3n) is 3.04. The molecule has 0 saturated carbocycles. The zero-order valence-electron chi connectivity index (χ0n) is 11.9. The van der Waals surface area contributed by atoms with Crippen molar-refractivity contribution in [3.8, 4) is 11.8 Å². The summed E-state index contributed by atoms with van der Waals surface area (Å²) in [4.78, 5) is 11.1. The summed E-state index contributed by atoms with van der Waals surface area (Å²) in [6, 6.07) is 15.3. The van der Waals surface area contributed by atoms with Gasteiger partial charge >= 0.3 is 5.97 Å². The van der Waals surface area contributed by atoms with Crippen molar-refractivity contribution in [2.45, 2.75) is 12.8 Å². The van der Waals surface area contributed by atoms with E-state index >= 15 is 0 Å². The van der Waals surface area contributed by atoms with E-state index in [2.05, 4.69) is 16.6 Å². The van der Waals surface area contributed by atoms with Crippen LogP contribution in [0.2, 0.25) is 0 Å². The first-order chi connectivity index (χ1) is 10.2. The van der Waals surface area contributed by atoms with Gasteiger partial charge in [-0.15, -0.1) is 0 Å². The highest BCUT2D eigenvalue weighted by atomic mass is 16.5. The average Bonchev–Trinajstić information content (AvgIpc) is 2.51. The van der Waals surface area contributed by atoms with Gasteiger partial charge in [0.05, 0.1) is 7.11 Å². The van der Waals surface area contributed by atoms with Crippen molar-refractivity contribution < 1.29 is 9.53 Å². The molecule has 2 aromatic carbocycles. The van der Waals surface area contributed by atoms with E-state index in [1.807, 2.05) is 48.5 Å². The van der Waals surface area contributed by atoms with E-state index in [4.69, 9.17) is 5.73 Å². The van der Waals surface area contributed by atoms with Crippen LogP contribution in [0.3, 0.4) is 0 Å². The van der Waals surface area contributed by atoms with Crippen LogP contribution in [-0.4, -0.2) is 13.1 Å². The largest absolute Gasteiger partial charge is 0.469 e. The summed E-state index contributed by atoms with van der Waals surface area (Å²) in [6.07, 6.45) is 1.07. The first-order valence-electron chi connectivity index (χ1n) is 6.71. The fraction of sp³-hybridized carbons (Fsp3) is 0.167. The highest BCUT2D eigenvalue weighted by molar-refractivity contribution is 5.69. The maximum Gasteiger partial charge on any atom is 0.305 e. The van der Waals surface area contributed by atoms with E-state index in [0.29, 0.717) is 18.5 Å². The second-order valence-electron chi connectivity index (χ2n) is 4.65. The molecule has 0 amide bonds. The van der Waals surface area contributed by atoms with Crippen LogP contribution >= 0.6 is 0 Å². The Hall–Kier alpha value is -2.73. The van der Waals surface area contributed by atoms with Gasteiger partial charge in [-0.3, -0.25) is 4.79 Å². The second kappa shape index (κ2) is 7.16. The van der Waals surface area contributed by atoms with Crippen LogP contribution in [0.15, 0.2) is 48.5 Å². The lowest BCUT2D eigenvalue weighted by molar-refractivity contribution is -0.140. The minimum atomic E-state index is -0.194. The van der Waals surface area contributed by atoms with Crippen molar-refractivity contribution >= 4 is 11.7 Å². The van der Waals surface area contributed by atoms with Crippen LogP contribution in [0, 0.1) is 11.8 Å². The normalized spacial score (nSPS) is 9.57. The van der Waals surface area contributed by atoms with Gasteiger partial charge in [-0.2, -0.15) is 0 Å². The highest BCUT2D eigenvalue weighted by Crippen LogP contribution is 2.08. The summed E-state index contributed by atoms with van der Waals surface area (Å²) in [6.45, 7) is 0. The molecule has 106 valence electrons. The van der Waals surface area contributed by atoms with Crippen LogP contribution < -0.4 is 5.73 Å². The van der Waals surface area contributed by atoms with Crippen LogP contribution in [0.4, 0.5) is 5.69 Å². The van der Waals surface area contributed by atoms with Gasteiger partial charge in [-0.1, -0.05) is 30.0 Å². The van der Waals surface area contributed by atoms with Crippen molar-refractivity contribution in [1.29, 1.82) is 0 Å². The molecule has 0 heterocycles. The minimum Gasteiger partial charge on any atom is -0.469 e. The van der Waals surface area contributed by atoms with E-state index in [1.54, 1.807) is 0 Å². The van der Waals surface area contributed by atoms with Crippen molar-refractivity contribution in [3.05, 3.63) is 65.2 Å². The number of anilines is 1. The molecule has 0 aliphatic carbocycles. The molecule has 0 unspecified atom stereocenters. The van der Waals surface area contributed by atoms with Gasteiger partial charge in [-0.25, -0.2) is 0 Å². The van der Waals surface area contributed by atoms with Gasteiger partial charge in [0, 0.05) is 23.2 Å². The molecular formula is C18H17NO2. The fourth-order valence-corrected chi connectivity index (χ4v) is 1.86. The van der Waals surface area contributed by atoms with E-state index < -0.39 is 0 Å². The fourth-order valence-electron chi connectivity index (χ4n) is 1.86. The predicted octanol–water partition coefficient (Wildman–Crippen LogP) is 2.77. The van der Waals surface area contributed by atoms with Gasteiger partial charge in [-0.05, 0) is 42.3 Å². The van der Waals surface area contributed by atoms with E-state index in [1.165, 1.54) is 7.11 Å². The lowest BCUT2D eigenvalue weighted by Gasteiger charge is -2.00. The van der Waals surface area contributed by atoms with Crippen molar-refractivity contribution in [3.63, 3.8) is 0 Å². The Bertz CT molecular complexity index is 678. The lowest BCUT2D eigenvalue weighted by Crippen LogP contribution is -2.01. The van der Waals surface area contributed by atoms with Crippen LogP contribution in [-0.2, 0) is 16.0 Å². The zero-order valence-corrected chi connectivity index (χ0v) is 11.9. The van der Waals surface area contributed by atoms with E-state index in [-0.39, 0.29) is 5.97 Å². The Morgan fingerprint density at radius 3 is 2.48 bits per heavy atom. The number of aryl methyl sites for hydroxylation is 1. The molecule has 2 rings (SSSR count). The summed E-state index contributed by atoms with van der Waals surface area (Å²) in [5, 5.41) is 0. The first kappa shape index (κ1) is 14.7. The number of esters is 1. The molecule has 0 bridgehead atoms. The predicted molar refractivity (Wildman–Crippen MR) is 83.6 cm³/mol. The summed E-state index contributed by atoms with van der Waals surface area (Å²) in [5.74, 6) is 5.98. The van der Waals surface area contributed by atoms with Crippen molar-refractivity contribution in [1.82, 2.24) is 0 Å². The molecular weight excluding hydrogens is 262 g/mol. The van der Waals surface area contributed by atoms with Crippen LogP contribution in [0.5, 0.6) is 0 Å². The van der Waals surface area contributed by atoms with Gasteiger partial charge in [0.2, 0.25) is 0 Å². The summed E-state index contributed by atoms with van der Waals surface area (Å²) < 4.78 is 4.62. The number of hydrogen-bond donors (Lipinski definition) is 1. The molecule has 0 radical (unpaired) electrons. The topological polar surface area (TPSA) is 52.3 Å². The maximum absolute atomic E-state index is 11.1. The Balaban J connectivity index is 2.01. The number of carbonyl (C=O) groups excluding carboxylic acids is 1. The summed E-state index contributed by atoms with van der Waals surface area (Å²) in [5.41, 5.74) is 9.34. The van der Waals surface area contributed by atoms with E-state index in [9.17, 15) is 4.79 Å². The molecule has 21 heavy (non-hydrogen) atoms. The monoisotopic (exact) mass is 279 g/mol. The van der Waals surface area contributed by atoms with Gasteiger partial charge in [0.15, 0.2) is 0 Å². The molecule has 0 spiro atoms. The molecule has 2 N–H and O–H groups in total. The molecule has 3 heteroatoms. The average molecular weight is 279 g/mol. The van der Waals surface area contributed by atoms with Crippen molar-refractivity contribution in [2.24, 2.45) is 0 Å². The van der Waals surface area contributed by atoms with Gasteiger partial charge < -0.3 is 10.5 Å². The Kier molecular flexibility index (Phi) is 5.00. The Morgan fingerprint density at radius 2 is 1.81 bits per heavy atom.